The Morgan fingerprint density at radius 3 is 2.46 bits per heavy atom. The van der Waals surface area contributed by atoms with E-state index in [1.165, 1.54) is 0 Å². The Bertz CT molecular complexity index is 244. The first-order valence-corrected chi connectivity index (χ1v) is 4.87. The van der Waals surface area contributed by atoms with Crippen LogP contribution in [0.3, 0.4) is 0 Å². The topological polar surface area (TPSA) is 32.3 Å². The molecule has 1 aliphatic heterocycles. The highest BCUT2D eigenvalue weighted by atomic mass is 32.1. The molecule has 0 spiro atoms. The normalized spacial score (nSPS) is 24.6. The van der Waals surface area contributed by atoms with Crippen molar-refractivity contribution in [1.29, 1.82) is 0 Å². The lowest BCUT2D eigenvalue weighted by Crippen LogP contribution is -2.60. The zero-order valence-corrected chi connectivity index (χ0v) is 9.36. The number of rotatable bonds is 0. The standard InChI is InChI=1S/C9H16N2OS/c1-6-5-10-8(13)11(7(6)12)9(2,3)4/h6H,5H2,1-4H3,(H,10,13)/t6-/m1/s1. The maximum atomic E-state index is 11.8. The van der Waals surface area contributed by atoms with Crippen molar-refractivity contribution in [2.45, 2.75) is 33.2 Å². The summed E-state index contributed by atoms with van der Waals surface area (Å²) in [6, 6.07) is 0. The average Bonchev–Trinajstić information content (AvgIpc) is 1.95. The van der Waals surface area contributed by atoms with Crippen LogP contribution in [0.2, 0.25) is 0 Å². The molecule has 1 amide bonds. The van der Waals surface area contributed by atoms with Crippen LogP contribution < -0.4 is 5.32 Å². The monoisotopic (exact) mass is 200 g/mol. The van der Waals surface area contributed by atoms with E-state index in [9.17, 15) is 4.79 Å². The molecular formula is C9H16N2OS. The van der Waals surface area contributed by atoms with Gasteiger partial charge >= 0.3 is 0 Å². The molecule has 1 fully saturated rings. The highest BCUT2D eigenvalue weighted by molar-refractivity contribution is 7.80. The van der Waals surface area contributed by atoms with Crippen molar-refractivity contribution in [1.82, 2.24) is 10.2 Å². The molecule has 1 aliphatic rings. The van der Waals surface area contributed by atoms with Crippen molar-refractivity contribution in [3.63, 3.8) is 0 Å². The number of carbonyl (C=O) groups is 1. The smallest absolute Gasteiger partial charge is 0.233 e. The van der Waals surface area contributed by atoms with Crippen LogP contribution >= 0.6 is 12.2 Å². The van der Waals surface area contributed by atoms with Crippen LogP contribution in [-0.4, -0.2) is 28.0 Å². The van der Waals surface area contributed by atoms with Crippen LogP contribution in [0.25, 0.3) is 0 Å². The second-order valence-corrected chi connectivity index (χ2v) is 4.82. The van der Waals surface area contributed by atoms with Crippen LogP contribution in [0.15, 0.2) is 0 Å². The first kappa shape index (κ1) is 10.4. The minimum absolute atomic E-state index is 0.0194. The molecule has 0 aliphatic carbocycles. The summed E-state index contributed by atoms with van der Waals surface area (Å²) < 4.78 is 0. The van der Waals surface area contributed by atoms with Crippen molar-refractivity contribution >= 4 is 23.2 Å². The average molecular weight is 200 g/mol. The number of amides is 1. The van der Waals surface area contributed by atoms with Gasteiger partial charge in [-0.2, -0.15) is 0 Å². The van der Waals surface area contributed by atoms with E-state index in [1.807, 2.05) is 27.7 Å². The van der Waals surface area contributed by atoms with Crippen molar-refractivity contribution < 1.29 is 4.79 Å². The van der Waals surface area contributed by atoms with Crippen molar-refractivity contribution in [2.24, 2.45) is 5.92 Å². The molecule has 1 rings (SSSR count). The molecule has 1 N–H and O–H groups in total. The van der Waals surface area contributed by atoms with E-state index in [2.05, 4.69) is 5.32 Å². The van der Waals surface area contributed by atoms with Crippen molar-refractivity contribution in [3.05, 3.63) is 0 Å². The van der Waals surface area contributed by atoms with E-state index in [4.69, 9.17) is 12.2 Å². The van der Waals surface area contributed by atoms with E-state index in [0.717, 1.165) is 0 Å². The van der Waals surface area contributed by atoms with Crippen LogP contribution in [0.4, 0.5) is 0 Å². The van der Waals surface area contributed by atoms with E-state index in [0.29, 0.717) is 11.7 Å². The number of thiocarbonyl (C=S) groups is 1. The van der Waals surface area contributed by atoms with E-state index >= 15 is 0 Å². The Balaban J connectivity index is 2.91. The van der Waals surface area contributed by atoms with Gasteiger partial charge in [0.2, 0.25) is 5.91 Å². The Morgan fingerprint density at radius 1 is 1.54 bits per heavy atom. The van der Waals surface area contributed by atoms with Gasteiger partial charge in [-0.1, -0.05) is 6.92 Å². The molecule has 0 radical (unpaired) electrons. The summed E-state index contributed by atoms with van der Waals surface area (Å²) in [6.07, 6.45) is 0. The molecule has 0 aromatic heterocycles. The Labute approximate surface area is 84.5 Å². The highest BCUT2D eigenvalue weighted by Crippen LogP contribution is 2.19. The Kier molecular flexibility index (Phi) is 2.61. The molecule has 4 heteroatoms. The van der Waals surface area contributed by atoms with Gasteiger partial charge in [-0.15, -0.1) is 0 Å². The summed E-state index contributed by atoms with van der Waals surface area (Å²) in [7, 11) is 0. The van der Waals surface area contributed by atoms with Gasteiger partial charge in [0.25, 0.3) is 0 Å². The summed E-state index contributed by atoms with van der Waals surface area (Å²) in [4.78, 5) is 13.4. The third kappa shape index (κ3) is 1.99. The quantitative estimate of drug-likeness (QED) is 0.595. The first-order chi connectivity index (χ1) is 5.84. The van der Waals surface area contributed by atoms with Gasteiger partial charge in [-0.25, -0.2) is 0 Å². The molecule has 1 saturated heterocycles. The molecule has 13 heavy (non-hydrogen) atoms. The fourth-order valence-corrected chi connectivity index (χ4v) is 1.81. The van der Waals surface area contributed by atoms with Gasteiger partial charge in [0, 0.05) is 12.1 Å². The van der Waals surface area contributed by atoms with Crippen molar-refractivity contribution in [2.75, 3.05) is 6.54 Å². The lowest BCUT2D eigenvalue weighted by Gasteiger charge is -2.41. The highest BCUT2D eigenvalue weighted by Gasteiger charge is 2.36. The fraction of sp³-hybridized carbons (Fsp3) is 0.778. The van der Waals surface area contributed by atoms with Gasteiger partial charge in [0.05, 0.1) is 5.92 Å². The summed E-state index contributed by atoms with van der Waals surface area (Å²) in [6.45, 7) is 8.52. The van der Waals surface area contributed by atoms with Crippen LogP contribution in [0.1, 0.15) is 27.7 Å². The second-order valence-electron chi connectivity index (χ2n) is 4.43. The van der Waals surface area contributed by atoms with Crippen LogP contribution in [-0.2, 0) is 4.79 Å². The minimum atomic E-state index is -0.226. The van der Waals surface area contributed by atoms with Crippen LogP contribution in [0, 0.1) is 5.92 Å². The number of hydrogen-bond acceptors (Lipinski definition) is 2. The van der Waals surface area contributed by atoms with E-state index in [-0.39, 0.29) is 17.4 Å². The number of hydrogen-bond donors (Lipinski definition) is 1. The molecule has 0 unspecified atom stereocenters. The molecule has 0 saturated carbocycles. The number of nitrogens with one attached hydrogen (secondary N) is 1. The molecule has 0 aromatic carbocycles. The third-order valence-electron chi connectivity index (χ3n) is 2.08. The van der Waals surface area contributed by atoms with Crippen LogP contribution in [0.5, 0.6) is 0 Å². The second kappa shape index (κ2) is 3.25. The van der Waals surface area contributed by atoms with E-state index in [1.54, 1.807) is 4.90 Å². The molecule has 0 aromatic rings. The Morgan fingerprint density at radius 2 is 2.08 bits per heavy atom. The minimum Gasteiger partial charge on any atom is -0.361 e. The van der Waals surface area contributed by atoms with Gasteiger partial charge < -0.3 is 5.32 Å². The zero-order valence-electron chi connectivity index (χ0n) is 8.55. The van der Waals surface area contributed by atoms with Gasteiger partial charge in [-0.3, -0.25) is 9.69 Å². The van der Waals surface area contributed by atoms with Crippen molar-refractivity contribution in [3.8, 4) is 0 Å². The predicted molar refractivity (Wildman–Crippen MR) is 56.4 cm³/mol. The van der Waals surface area contributed by atoms with Gasteiger partial charge in [0.1, 0.15) is 0 Å². The summed E-state index contributed by atoms with van der Waals surface area (Å²) in [5.74, 6) is 0.141. The lowest BCUT2D eigenvalue weighted by atomic mass is 10.0. The summed E-state index contributed by atoms with van der Waals surface area (Å²) >= 11 is 5.10. The number of carbonyl (C=O) groups excluding carboxylic acids is 1. The molecule has 3 nitrogen and oxygen atoms in total. The largest absolute Gasteiger partial charge is 0.361 e. The molecule has 74 valence electrons. The molecule has 0 bridgehead atoms. The third-order valence-corrected chi connectivity index (χ3v) is 2.40. The molecule has 1 heterocycles. The zero-order chi connectivity index (χ0) is 10.2. The predicted octanol–water partition coefficient (Wildman–Crippen LogP) is 1.14. The maximum Gasteiger partial charge on any atom is 0.233 e. The first-order valence-electron chi connectivity index (χ1n) is 4.46. The number of nitrogens with zero attached hydrogens (tertiary/aromatic N) is 1. The van der Waals surface area contributed by atoms with E-state index < -0.39 is 0 Å². The van der Waals surface area contributed by atoms with Gasteiger partial charge in [-0.05, 0) is 33.0 Å². The summed E-state index contributed by atoms with van der Waals surface area (Å²) in [5, 5.41) is 3.61. The fourth-order valence-electron chi connectivity index (χ4n) is 1.36. The Hall–Kier alpha value is -0.640. The molecule has 1 atom stereocenters. The van der Waals surface area contributed by atoms with Gasteiger partial charge in [0.15, 0.2) is 5.11 Å². The molecular weight excluding hydrogens is 184 g/mol. The lowest BCUT2D eigenvalue weighted by molar-refractivity contribution is -0.135. The maximum absolute atomic E-state index is 11.8. The summed E-state index contributed by atoms with van der Waals surface area (Å²) in [5.41, 5.74) is -0.226. The SMILES string of the molecule is C[C@@H]1CNC(=S)N(C(C)(C)C)C1=O.